The van der Waals surface area contributed by atoms with Crippen LogP contribution in [0, 0.1) is 0 Å². The Morgan fingerprint density at radius 2 is 1.96 bits per heavy atom. The summed E-state index contributed by atoms with van der Waals surface area (Å²) >= 11 is 1.36. The Kier molecular flexibility index (Phi) is 6.74. The van der Waals surface area contributed by atoms with Crippen LogP contribution in [-0.2, 0) is 15.1 Å². The van der Waals surface area contributed by atoms with Crippen LogP contribution < -0.4 is 11.1 Å². The van der Waals surface area contributed by atoms with Crippen molar-refractivity contribution in [2.24, 2.45) is 5.73 Å². The van der Waals surface area contributed by atoms with Crippen LogP contribution in [0.3, 0.4) is 0 Å². The fourth-order valence-electron chi connectivity index (χ4n) is 2.46. The van der Waals surface area contributed by atoms with E-state index in [1.54, 1.807) is 6.07 Å². The molecule has 3 aromatic rings. The monoisotopic (exact) mass is 429 g/mol. The molecule has 0 fully saturated rings. The number of nitrogens with one attached hydrogen (secondary N) is 1. The third-order valence-corrected chi connectivity index (χ3v) is 4.61. The Bertz CT molecular complexity index is 1100. The van der Waals surface area contributed by atoms with Crippen LogP contribution in [0.1, 0.15) is 16.6 Å². The third-order valence-electron chi connectivity index (χ3n) is 3.48. The molecule has 10 nitrogen and oxygen atoms in total. The van der Waals surface area contributed by atoms with Gasteiger partial charge in [-0.1, -0.05) is 0 Å². The lowest BCUT2D eigenvalue weighted by atomic mass is 10.1. The quantitative estimate of drug-likeness (QED) is 0.305. The number of carbonyl (C=O) groups excluding carboxylic acids is 1. The van der Waals surface area contributed by atoms with Crippen LogP contribution in [-0.4, -0.2) is 53.3 Å². The van der Waals surface area contributed by atoms with Crippen molar-refractivity contribution >= 4 is 54.4 Å². The van der Waals surface area contributed by atoms with Gasteiger partial charge in [-0.05, 0) is 25.1 Å². The summed E-state index contributed by atoms with van der Waals surface area (Å²) in [5.74, 6) is -0.427. The van der Waals surface area contributed by atoms with Gasteiger partial charge in [-0.3, -0.25) is 9.11 Å². The highest BCUT2D eigenvalue weighted by Gasteiger charge is 2.21. The van der Waals surface area contributed by atoms with E-state index in [1.807, 2.05) is 19.1 Å². The molecule has 0 spiro atoms. The number of thiophene rings is 1. The predicted octanol–water partition coefficient (Wildman–Crippen LogP) is 2.05. The van der Waals surface area contributed by atoms with Crippen molar-refractivity contribution < 1.29 is 32.2 Å². The number of ether oxygens (including phenoxy) is 1. The van der Waals surface area contributed by atoms with Crippen molar-refractivity contribution in [1.82, 2.24) is 4.98 Å². The molecule has 0 aliphatic rings. The van der Waals surface area contributed by atoms with Gasteiger partial charge in [0, 0.05) is 34.1 Å². The molecule has 0 saturated carbocycles. The lowest BCUT2D eigenvalue weighted by Gasteiger charge is -2.11. The topological polar surface area (TPSA) is 172 Å². The van der Waals surface area contributed by atoms with Gasteiger partial charge in [-0.25, -0.2) is 9.78 Å². The molecule has 1 unspecified atom stereocenters. The number of methoxy groups -OCH3 is 1. The molecule has 0 aliphatic carbocycles. The number of hydrogen-bond acceptors (Lipinski definition) is 9. The summed E-state index contributed by atoms with van der Waals surface area (Å²) in [6.07, 6.45) is 0. The first-order chi connectivity index (χ1) is 13.0. The molecule has 2 heterocycles. The van der Waals surface area contributed by atoms with Gasteiger partial charge in [0.1, 0.15) is 4.88 Å². The minimum atomic E-state index is -4.67. The van der Waals surface area contributed by atoms with E-state index in [1.165, 1.54) is 24.5 Å². The van der Waals surface area contributed by atoms with E-state index >= 15 is 0 Å². The zero-order chi connectivity index (χ0) is 21.1. The average Bonchev–Trinajstić information content (AvgIpc) is 2.96. The second-order valence-electron chi connectivity index (χ2n) is 5.78. The molecule has 0 saturated heterocycles. The van der Waals surface area contributed by atoms with Crippen LogP contribution in [0.2, 0.25) is 0 Å². The second kappa shape index (κ2) is 8.67. The molecule has 0 bridgehead atoms. The number of nitrogens with two attached hydrogens (primary N) is 1. The Hall–Kier alpha value is -2.51. The van der Waals surface area contributed by atoms with Gasteiger partial charge in [0.05, 0.1) is 18.3 Å². The van der Waals surface area contributed by atoms with Gasteiger partial charge in [0.2, 0.25) is 5.88 Å². The van der Waals surface area contributed by atoms with E-state index < -0.39 is 16.4 Å². The molecule has 3 rings (SSSR count). The lowest BCUT2D eigenvalue weighted by molar-refractivity contribution is 0.0607. The summed E-state index contributed by atoms with van der Waals surface area (Å²) in [4.78, 5) is 16.7. The Morgan fingerprint density at radius 1 is 1.32 bits per heavy atom. The highest BCUT2D eigenvalue weighted by molar-refractivity contribution is 7.79. The number of esters is 1. The molecular formula is C16H19N3O7S2. The first-order valence-electron chi connectivity index (χ1n) is 7.84. The number of hydrogen-bond donors (Lipinski definition) is 5. The molecule has 1 aromatic carbocycles. The van der Waals surface area contributed by atoms with Crippen molar-refractivity contribution in [1.29, 1.82) is 0 Å². The maximum absolute atomic E-state index is 12.1. The van der Waals surface area contributed by atoms with Crippen LogP contribution in [0.5, 0.6) is 5.88 Å². The summed E-state index contributed by atoms with van der Waals surface area (Å²) in [6.45, 7) is 2.41. The smallest absolute Gasteiger partial charge is 0.394 e. The molecule has 2 aromatic heterocycles. The normalized spacial score (nSPS) is 12.3. The zero-order valence-electron chi connectivity index (χ0n) is 14.9. The molecule has 0 amide bonds. The van der Waals surface area contributed by atoms with E-state index in [4.69, 9.17) is 28.0 Å². The summed E-state index contributed by atoms with van der Waals surface area (Å²) in [7, 11) is -3.31. The average molecular weight is 429 g/mol. The van der Waals surface area contributed by atoms with Gasteiger partial charge >= 0.3 is 16.4 Å². The lowest BCUT2D eigenvalue weighted by Crippen LogP contribution is -2.25. The molecule has 0 radical (unpaired) electrons. The standard InChI is InChI=1S/C16H17N3O3S.H2O4S/c1-8(17)7-18-14-13-9-3-6-12(20)19-10(9)4-5-11(13)23-15(14)16(21)22-2;1-5(2,3)4/h3-6,8,18H,7,17H2,1-2H3,(H,19,20);(H2,1,2,3,4). The van der Waals surface area contributed by atoms with Crippen molar-refractivity contribution in [2.75, 3.05) is 19.0 Å². The first kappa shape index (κ1) is 21.8. The van der Waals surface area contributed by atoms with Crippen LogP contribution >= 0.6 is 11.3 Å². The highest BCUT2D eigenvalue weighted by atomic mass is 32.3. The van der Waals surface area contributed by atoms with Crippen LogP contribution in [0.15, 0.2) is 24.3 Å². The summed E-state index contributed by atoms with van der Waals surface area (Å²) < 4.78 is 37.4. The fraction of sp³-hybridized carbons (Fsp3) is 0.250. The number of aromatic hydroxyl groups is 1. The molecule has 12 heteroatoms. The molecule has 6 N–H and O–H groups in total. The van der Waals surface area contributed by atoms with Crippen LogP contribution in [0.4, 0.5) is 5.69 Å². The fourth-order valence-corrected chi connectivity index (χ4v) is 3.57. The summed E-state index contributed by atoms with van der Waals surface area (Å²) in [5, 5.41) is 14.6. The van der Waals surface area contributed by atoms with Gasteiger partial charge < -0.3 is 20.9 Å². The minimum Gasteiger partial charge on any atom is -0.493 e. The number of pyridine rings is 1. The van der Waals surface area contributed by atoms with E-state index in [-0.39, 0.29) is 11.9 Å². The Morgan fingerprint density at radius 3 is 2.54 bits per heavy atom. The number of rotatable bonds is 4. The van der Waals surface area contributed by atoms with Crippen molar-refractivity contribution in [3.8, 4) is 5.88 Å². The van der Waals surface area contributed by atoms with Gasteiger partial charge in [-0.2, -0.15) is 8.42 Å². The summed E-state index contributed by atoms with van der Waals surface area (Å²) in [6, 6.07) is 6.98. The molecule has 1 atom stereocenters. The number of nitrogens with zero attached hydrogens (tertiary/aromatic N) is 1. The minimum absolute atomic E-state index is 0.0367. The SMILES string of the molecule is COC(=O)c1sc2ccc3nc(O)ccc3c2c1NCC(C)N.O=S(=O)(O)O. The largest absolute Gasteiger partial charge is 0.493 e. The molecule has 28 heavy (non-hydrogen) atoms. The van der Waals surface area contributed by atoms with Crippen LogP contribution in [0.25, 0.3) is 21.0 Å². The van der Waals surface area contributed by atoms with E-state index in [9.17, 15) is 9.90 Å². The van der Waals surface area contributed by atoms with E-state index in [0.29, 0.717) is 22.6 Å². The number of anilines is 1. The second-order valence-corrected chi connectivity index (χ2v) is 7.73. The van der Waals surface area contributed by atoms with Gasteiger partial charge in [0.25, 0.3) is 0 Å². The van der Waals surface area contributed by atoms with Crippen molar-refractivity contribution in [2.45, 2.75) is 13.0 Å². The Balaban J connectivity index is 0.000000500. The molecule has 152 valence electrons. The number of aromatic nitrogens is 1. The van der Waals surface area contributed by atoms with Gasteiger partial charge in [-0.15, -0.1) is 11.3 Å². The van der Waals surface area contributed by atoms with Gasteiger partial charge in [0.15, 0.2) is 0 Å². The predicted molar refractivity (Wildman–Crippen MR) is 106 cm³/mol. The van der Waals surface area contributed by atoms with E-state index in [2.05, 4.69) is 10.3 Å². The highest BCUT2D eigenvalue weighted by Crippen LogP contribution is 2.40. The first-order valence-corrected chi connectivity index (χ1v) is 10.1. The number of carbonyl (C=O) groups is 1. The van der Waals surface area contributed by atoms with Crippen molar-refractivity contribution in [3.05, 3.63) is 29.1 Å². The number of benzene rings is 1. The molecular weight excluding hydrogens is 410 g/mol. The number of fused-ring (bicyclic) bond motifs is 3. The zero-order valence-corrected chi connectivity index (χ0v) is 16.5. The van der Waals surface area contributed by atoms with Crippen molar-refractivity contribution in [3.63, 3.8) is 0 Å². The molecule has 0 aliphatic heterocycles. The van der Waals surface area contributed by atoms with E-state index in [0.717, 1.165) is 15.5 Å². The maximum Gasteiger partial charge on any atom is 0.394 e. The summed E-state index contributed by atoms with van der Waals surface area (Å²) in [5.41, 5.74) is 7.19. The Labute approximate surface area is 164 Å². The third kappa shape index (κ3) is 5.50. The maximum atomic E-state index is 12.1.